The molecule has 0 saturated carbocycles. The summed E-state index contributed by atoms with van der Waals surface area (Å²) < 4.78 is 41.2. The Balaban J connectivity index is 1.54. The van der Waals surface area contributed by atoms with E-state index in [2.05, 4.69) is 26.2 Å². The number of hydrogen-bond acceptors (Lipinski definition) is 5. The number of alkyl halides is 3. The van der Waals surface area contributed by atoms with Gasteiger partial charge in [0.05, 0.1) is 6.04 Å². The molecule has 1 aromatic carbocycles. The summed E-state index contributed by atoms with van der Waals surface area (Å²) in [5.74, 6) is 0.232. The van der Waals surface area contributed by atoms with E-state index in [0.29, 0.717) is 0 Å². The first-order valence-electron chi connectivity index (χ1n) is 8.65. The maximum Gasteiger partial charge on any atom is 0.422 e. The van der Waals surface area contributed by atoms with Gasteiger partial charge in [0.15, 0.2) is 6.61 Å². The molecule has 0 spiro atoms. The molecule has 144 valence electrons. The SMILES string of the molecule is CC(NC(=O)C1NNC2CCNCC21)c1ccc(OCC(F)(F)F)cc1. The molecule has 6 nitrogen and oxygen atoms in total. The highest BCUT2D eigenvalue weighted by Gasteiger charge is 2.41. The molecule has 1 aromatic rings. The summed E-state index contributed by atoms with van der Waals surface area (Å²) in [6, 6.07) is 5.96. The van der Waals surface area contributed by atoms with Crippen LogP contribution in [-0.4, -0.2) is 43.9 Å². The van der Waals surface area contributed by atoms with Crippen molar-refractivity contribution >= 4 is 5.91 Å². The average molecular weight is 372 g/mol. The van der Waals surface area contributed by atoms with Crippen LogP contribution in [0.2, 0.25) is 0 Å². The van der Waals surface area contributed by atoms with Gasteiger partial charge in [-0.3, -0.25) is 10.2 Å². The zero-order chi connectivity index (χ0) is 18.7. The van der Waals surface area contributed by atoms with Gasteiger partial charge in [-0.1, -0.05) is 12.1 Å². The molecular formula is C17H23F3N4O2. The lowest BCUT2D eigenvalue weighted by Crippen LogP contribution is -2.49. The second kappa shape index (κ2) is 7.81. The highest BCUT2D eigenvalue weighted by Crippen LogP contribution is 2.23. The molecule has 2 saturated heterocycles. The van der Waals surface area contributed by atoms with Crippen LogP contribution in [0, 0.1) is 5.92 Å². The van der Waals surface area contributed by atoms with Crippen LogP contribution in [0.25, 0.3) is 0 Å². The second-order valence-electron chi connectivity index (χ2n) is 6.73. The molecule has 2 aliphatic rings. The number of fused-ring (bicyclic) bond motifs is 1. The summed E-state index contributed by atoms with van der Waals surface area (Å²) in [5.41, 5.74) is 7.04. The number of carbonyl (C=O) groups excluding carboxylic acids is 1. The Bertz CT molecular complexity index is 623. The molecule has 26 heavy (non-hydrogen) atoms. The molecule has 0 radical (unpaired) electrons. The van der Waals surface area contributed by atoms with Crippen LogP contribution in [0.5, 0.6) is 5.75 Å². The van der Waals surface area contributed by atoms with Crippen molar-refractivity contribution in [3.05, 3.63) is 29.8 Å². The number of hydrazine groups is 1. The van der Waals surface area contributed by atoms with Gasteiger partial charge in [-0.15, -0.1) is 0 Å². The maximum absolute atomic E-state index is 12.6. The summed E-state index contributed by atoms with van der Waals surface area (Å²) in [5, 5.41) is 6.26. The molecule has 9 heteroatoms. The average Bonchev–Trinajstić information content (AvgIpc) is 3.04. The topological polar surface area (TPSA) is 74.4 Å². The number of piperidine rings is 1. The van der Waals surface area contributed by atoms with Crippen molar-refractivity contribution in [2.24, 2.45) is 5.92 Å². The van der Waals surface area contributed by atoms with Gasteiger partial charge in [-0.05, 0) is 37.6 Å². The first-order valence-corrected chi connectivity index (χ1v) is 8.65. The third kappa shape index (κ3) is 4.66. The number of benzene rings is 1. The quantitative estimate of drug-likeness (QED) is 0.626. The summed E-state index contributed by atoms with van der Waals surface area (Å²) in [6.45, 7) is 2.23. The van der Waals surface area contributed by atoms with E-state index >= 15 is 0 Å². The van der Waals surface area contributed by atoms with Crippen LogP contribution in [-0.2, 0) is 4.79 Å². The minimum atomic E-state index is -4.37. The van der Waals surface area contributed by atoms with Gasteiger partial charge in [0.2, 0.25) is 5.91 Å². The lowest BCUT2D eigenvalue weighted by atomic mass is 9.89. The Morgan fingerprint density at radius 2 is 2.04 bits per heavy atom. The Hall–Kier alpha value is -1.84. The second-order valence-corrected chi connectivity index (χ2v) is 6.73. The molecule has 1 amide bonds. The third-order valence-electron chi connectivity index (χ3n) is 4.81. The Morgan fingerprint density at radius 3 is 2.73 bits per heavy atom. The first-order chi connectivity index (χ1) is 12.3. The molecule has 4 N–H and O–H groups in total. The van der Waals surface area contributed by atoms with E-state index in [1.165, 1.54) is 12.1 Å². The molecule has 0 bridgehead atoms. The monoisotopic (exact) mass is 372 g/mol. The van der Waals surface area contributed by atoms with Gasteiger partial charge in [-0.25, -0.2) is 5.43 Å². The van der Waals surface area contributed by atoms with Crippen molar-refractivity contribution in [1.82, 2.24) is 21.5 Å². The summed E-state index contributed by atoms with van der Waals surface area (Å²) in [6.07, 6.45) is -3.40. The Kier molecular flexibility index (Phi) is 5.69. The van der Waals surface area contributed by atoms with E-state index in [0.717, 1.165) is 25.1 Å². The highest BCUT2D eigenvalue weighted by molar-refractivity contribution is 5.83. The van der Waals surface area contributed by atoms with Crippen molar-refractivity contribution < 1.29 is 22.7 Å². The predicted molar refractivity (Wildman–Crippen MR) is 89.4 cm³/mol. The Morgan fingerprint density at radius 1 is 1.31 bits per heavy atom. The highest BCUT2D eigenvalue weighted by atomic mass is 19.4. The molecule has 2 fully saturated rings. The van der Waals surface area contributed by atoms with Crippen LogP contribution >= 0.6 is 0 Å². The van der Waals surface area contributed by atoms with Gasteiger partial charge < -0.3 is 15.4 Å². The standard InChI is InChI=1S/C17H23F3N4O2/c1-10(11-2-4-12(5-3-11)26-9-17(18,19)20)22-16(25)15-13-8-21-7-6-14(13)23-24-15/h2-5,10,13-15,21,23-24H,6-9H2,1H3,(H,22,25). The first kappa shape index (κ1) is 18.9. The van der Waals surface area contributed by atoms with E-state index in [4.69, 9.17) is 0 Å². The third-order valence-corrected chi connectivity index (χ3v) is 4.81. The summed E-state index contributed by atoms with van der Waals surface area (Å²) in [4.78, 5) is 12.6. The molecule has 2 aliphatic heterocycles. The Labute approximate surface area is 149 Å². The lowest BCUT2D eigenvalue weighted by molar-refractivity contribution is -0.153. The zero-order valence-corrected chi connectivity index (χ0v) is 14.4. The minimum absolute atomic E-state index is 0.0985. The number of ether oxygens (including phenoxy) is 1. The van der Waals surface area contributed by atoms with E-state index < -0.39 is 12.8 Å². The zero-order valence-electron chi connectivity index (χ0n) is 14.4. The van der Waals surface area contributed by atoms with Crippen molar-refractivity contribution in [3.8, 4) is 5.75 Å². The van der Waals surface area contributed by atoms with Crippen molar-refractivity contribution in [1.29, 1.82) is 0 Å². The van der Waals surface area contributed by atoms with E-state index in [1.54, 1.807) is 12.1 Å². The molecule has 4 atom stereocenters. The van der Waals surface area contributed by atoms with Crippen LogP contribution in [0.15, 0.2) is 24.3 Å². The van der Waals surface area contributed by atoms with Gasteiger partial charge >= 0.3 is 6.18 Å². The van der Waals surface area contributed by atoms with Crippen molar-refractivity contribution in [3.63, 3.8) is 0 Å². The van der Waals surface area contributed by atoms with Crippen LogP contribution in [0.4, 0.5) is 13.2 Å². The molecule has 0 aromatic heterocycles. The number of halogens is 3. The predicted octanol–water partition coefficient (Wildman–Crippen LogP) is 1.26. The molecule has 3 rings (SSSR count). The van der Waals surface area contributed by atoms with Crippen LogP contribution < -0.4 is 26.2 Å². The van der Waals surface area contributed by atoms with Crippen LogP contribution in [0.3, 0.4) is 0 Å². The normalized spacial score (nSPS) is 26.8. The molecular weight excluding hydrogens is 349 g/mol. The number of carbonyl (C=O) groups is 1. The molecule has 2 heterocycles. The number of nitrogens with one attached hydrogen (secondary N) is 4. The van der Waals surface area contributed by atoms with E-state index in [9.17, 15) is 18.0 Å². The smallest absolute Gasteiger partial charge is 0.422 e. The van der Waals surface area contributed by atoms with Crippen LogP contribution in [0.1, 0.15) is 24.9 Å². The van der Waals surface area contributed by atoms with Crippen molar-refractivity contribution in [2.45, 2.75) is 37.6 Å². The van der Waals surface area contributed by atoms with Gasteiger partial charge in [0.25, 0.3) is 0 Å². The fourth-order valence-electron chi connectivity index (χ4n) is 3.38. The number of amides is 1. The van der Waals surface area contributed by atoms with Gasteiger partial charge in [0, 0.05) is 18.5 Å². The molecule has 4 unspecified atom stereocenters. The largest absolute Gasteiger partial charge is 0.484 e. The number of hydrogen-bond donors (Lipinski definition) is 4. The summed E-state index contributed by atoms with van der Waals surface area (Å²) in [7, 11) is 0. The minimum Gasteiger partial charge on any atom is -0.484 e. The van der Waals surface area contributed by atoms with E-state index in [1.807, 2.05) is 6.92 Å². The maximum atomic E-state index is 12.6. The fraction of sp³-hybridized carbons (Fsp3) is 0.588. The molecule has 0 aliphatic carbocycles. The van der Waals surface area contributed by atoms with Crippen molar-refractivity contribution in [2.75, 3.05) is 19.7 Å². The lowest BCUT2D eigenvalue weighted by Gasteiger charge is -2.28. The van der Waals surface area contributed by atoms with Gasteiger partial charge in [0.1, 0.15) is 11.8 Å². The van der Waals surface area contributed by atoms with Gasteiger partial charge in [-0.2, -0.15) is 13.2 Å². The fourth-order valence-corrected chi connectivity index (χ4v) is 3.38. The number of rotatable bonds is 5. The van der Waals surface area contributed by atoms with E-state index in [-0.39, 0.29) is 35.7 Å². The summed E-state index contributed by atoms with van der Waals surface area (Å²) >= 11 is 0.